The first kappa shape index (κ1) is 12.9. The van der Waals surface area contributed by atoms with Crippen LogP contribution >= 0.6 is 0 Å². The molecule has 3 atom stereocenters. The van der Waals surface area contributed by atoms with Crippen LogP contribution in [0.5, 0.6) is 0 Å². The van der Waals surface area contributed by atoms with Crippen molar-refractivity contribution in [1.29, 1.82) is 0 Å². The summed E-state index contributed by atoms with van der Waals surface area (Å²) in [6, 6.07) is 0.426. The van der Waals surface area contributed by atoms with Gasteiger partial charge in [0.25, 0.3) is 0 Å². The van der Waals surface area contributed by atoms with E-state index in [9.17, 15) is 0 Å². The fourth-order valence-corrected chi connectivity index (χ4v) is 2.71. The summed E-state index contributed by atoms with van der Waals surface area (Å²) in [5, 5.41) is 3.41. The zero-order chi connectivity index (χ0) is 11.3. The maximum Gasteiger partial charge on any atom is 0.0810 e. The lowest BCUT2D eigenvalue weighted by Gasteiger charge is -2.37. The van der Waals surface area contributed by atoms with Crippen LogP contribution in [-0.4, -0.2) is 39.0 Å². The quantitative estimate of drug-likeness (QED) is 0.733. The normalized spacial score (nSPS) is 30.4. The molecule has 1 aliphatic heterocycles. The van der Waals surface area contributed by atoms with Crippen molar-refractivity contribution in [2.75, 3.05) is 27.4 Å². The summed E-state index contributed by atoms with van der Waals surface area (Å²) >= 11 is 0. The molecule has 0 aliphatic carbocycles. The first-order chi connectivity index (χ1) is 7.14. The van der Waals surface area contributed by atoms with Gasteiger partial charge in [0, 0.05) is 26.4 Å². The zero-order valence-corrected chi connectivity index (χ0v) is 10.5. The lowest BCUT2D eigenvalue weighted by atomic mass is 9.83. The van der Waals surface area contributed by atoms with E-state index >= 15 is 0 Å². The van der Waals surface area contributed by atoms with Gasteiger partial charge in [0.05, 0.1) is 5.60 Å². The minimum absolute atomic E-state index is 0.0158. The molecule has 0 spiro atoms. The molecule has 1 heterocycles. The van der Waals surface area contributed by atoms with E-state index in [2.05, 4.69) is 19.2 Å². The Hall–Kier alpha value is -0.120. The van der Waals surface area contributed by atoms with Crippen LogP contribution in [0.1, 0.15) is 33.1 Å². The Morgan fingerprint density at radius 1 is 1.53 bits per heavy atom. The van der Waals surface area contributed by atoms with Crippen LogP contribution in [0.4, 0.5) is 0 Å². The number of methoxy groups -OCH3 is 1. The monoisotopic (exact) mass is 215 g/mol. The molecule has 3 nitrogen and oxygen atoms in total. The highest BCUT2D eigenvalue weighted by molar-refractivity contribution is 4.94. The van der Waals surface area contributed by atoms with E-state index < -0.39 is 0 Å². The second-order valence-electron chi connectivity index (χ2n) is 4.79. The topological polar surface area (TPSA) is 30.5 Å². The highest BCUT2D eigenvalue weighted by atomic mass is 16.5. The van der Waals surface area contributed by atoms with Crippen molar-refractivity contribution < 1.29 is 9.47 Å². The molecular weight excluding hydrogens is 190 g/mol. The van der Waals surface area contributed by atoms with Crippen LogP contribution in [0, 0.1) is 5.92 Å². The van der Waals surface area contributed by atoms with Crippen LogP contribution in [0.15, 0.2) is 0 Å². The maximum atomic E-state index is 5.89. The van der Waals surface area contributed by atoms with Crippen molar-refractivity contribution in [3.05, 3.63) is 0 Å². The van der Waals surface area contributed by atoms with E-state index in [-0.39, 0.29) is 5.60 Å². The van der Waals surface area contributed by atoms with E-state index in [1.807, 2.05) is 7.05 Å². The molecule has 0 radical (unpaired) electrons. The first-order valence-corrected chi connectivity index (χ1v) is 5.94. The third-order valence-electron chi connectivity index (χ3n) is 3.56. The van der Waals surface area contributed by atoms with Crippen molar-refractivity contribution in [2.45, 2.75) is 44.8 Å². The summed E-state index contributed by atoms with van der Waals surface area (Å²) in [5.74, 6) is 0.582. The molecule has 90 valence electrons. The Morgan fingerprint density at radius 3 is 2.73 bits per heavy atom. The smallest absolute Gasteiger partial charge is 0.0810 e. The summed E-state index contributed by atoms with van der Waals surface area (Å²) < 4.78 is 11.0. The van der Waals surface area contributed by atoms with Crippen molar-refractivity contribution in [2.24, 2.45) is 5.92 Å². The van der Waals surface area contributed by atoms with Gasteiger partial charge in [-0.25, -0.2) is 0 Å². The Morgan fingerprint density at radius 2 is 2.27 bits per heavy atom. The molecule has 3 heteroatoms. The third kappa shape index (κ3) is 3.16. The molecule has 1 N–H and O–H groups in total. The standard InChI is InChI=1S/C12H25NO2/c1-10(6-9-14-4)11(13-3)12(2)7-5-8-15-12/h10-11,13H,5-9H2,1-4H3. The van der Waals surface area contributed by atoms with Crippen molar-refractivity contribution in [3.8, 4) is 0 Å². The van der Waals surface area contributed by atoms with E-state index in [0.717, 1.165) is 26.1 Å². The van der Waals surface area contributed by atoms with Gasteiger partial charge in [-0.05, 0) is 39.2 Å². The second-order valence-corrected chi connectivity index (χ2v) is 4.79. The molecule has 0 amide bonds. The Balaban J connectivity index is 2.53. The molecule has 0 aromatic rings. The summed E-state index contributed by atoms with van der Waals surface area (Å²) in [7, 11) is 3.79. The lowest BCUT2D eigenvalue weighted by Crippen LogP contribution is -2.51. The molecule has 1 saturated heterocycles. The van der Waals surface area contributed by atoms with Crippen molar-refractivity contribution in [1.82, 2.24) is 5.32 Å². The summed E-state index contributed by atoms with van der Waals surface area (Å²) in [5.41, 5.74) is 0.0158. The predicted molar refractivity (Wildman–Crippen MR) is 62.1 cm³/mol. The Kier molecular flexibility index (Phi) is 5.03. The molecule has 0 bridgehead atoms. The first-order valence-electron chi connectivity index (χ1n) is 5.94. The number of nitrogens with one attached hydrogen (secondary N) is 1. The molecule has 15 heavy (non-hydrogen) atoms. The maximum absolute atomic E-state index is 5.89. The van der Waals surface area contributed by atoms with E-state index in [1.54, 1.807) is 7.11 Å². The number of likely N-dealkylation sites (N-methyl/N-ethyl adjacent to an activating group) is 1. The van der Waals surface area contributed by atoms with E-state index in [0.29, 0.717) is 12.0 Å². The lowest BCUT2D eigenvalue weighted by molar-refractivity contribution is -0.0277. The van der Waals surface area contributed by atoms with Crippen molar-refractivity contribution in [3.63, 3.8) is 0 Å². The molecule has 0 saturated carbocycles. The molecule has 1 rings (SSSR count). The summed E-state index contributed by atoms with van der Waals surface area (Å²) in [6.45, 7) is 6.23. The van der Waals surface area contributed by atoms with Crippen LogP contribution in [0.3, 0.4) is 0 Å². The van der Waals surface area contributed by atoms with Gasteiger partial charge in [-0.1, -0.05) is 6.92 Å². The highest BCUT2D eigenvalue weighted by Gasteiger charge is 2.39. The van der Waals surface area contributed by atoms with Gasteiger partial charge in [-0.2, -0.15) is 0 Å². The molecule has 0 aromatic heterocycles. The van der Waals surface area contributed by atoms with Gasteiger partial charge in [-0.15, -0.1) is 0 Å². The SMILES string of the molecule is CNC(C(C)CCOC)C1(C)CCCO1. The number of rotatable bonds is 6. The van der Waals surface area contributed by atoms with E-state index in [4.69, 9.17) is 9.47 Å². The van der Waals surface area contributed by atoms with Crippen LogP contribution in [0.25, 0.3) is 0 Å². The van der Waals surface area contributed by atoms with Crippen LogP contribution in [-0.2, 0) is 9.47 Å². The number of hydrogen-bond acceptors (Lipinski definition) is 3. The van der Waals surface area contributed by atoms with Gasteiger partial charge >= 0.3 is 0 Å². The van der Waals surface area contributed by atoms with Crippen LogP contribution in [0.2, 0.25) is 0 Å². The fourth-order valence-electron chi connectivity index (χ4n) is 2.71. The second kappa shape index (κ2) is 5.83. The summed E-state index contributed by atoms with van der Waals surface area (Å²) in [4.78, 5) is 0. The predicted octanol–water partition coefficient (Wildman–Crippen LogP) is 1.82. The van der Waals surface area contributed by atoms with Crippen molar-refractivity contribution >= 4 is 0 Å². The molecular formula is C12H25NO2. The van der Waals surface area contributed by atoms with Crippen LogP contribution < -0.4 is 5.32 Å². The number of hydrogen-bond donors (Lipinski definition) is 1. The summed E-state index contributed by atoms with van der Waals surface area (Å²) in [6.07, 6.45) is 3.43. The van der Waals surface area contributed by atoms with E-state index in [1.165, 1.54) is 6.42 Å². The average molecular weight is 215 g/mol. The molecule has 0 aromatic carbocycles. The fraction of sp³-hybridized carbons (Fsp3) is 1.00. The Labute approximate surface area is 93.5 Å². The number of ether oxygens (including phenoxy) is 2. The zero-order valence-electron chi connectivity index (χ0n) is 10.5. The van der Waals surface area contributed by atoms with Gasteiger partial charge in [0.15, 0.2) is 0 Å². The average Bonchev–Trinajstić information content (AvgIpc) is 2.63. The molecule has 3 unspecified atom stereocenters. The Bertz CT molecular complexity index is 178. The molecule has 1 fully saturated rings. The minimum atomic E-state index is 0.0158. The van der Waals surface area contributed by atoms with Gasteiger partial charge < -0.3 is 14.8 Å². The highest BCUT2D eigenvalue weighted by Crippen LogP contribution is 2.32. The van der Waals surface area contributed by atoms with Gasteiger partial charge in [0.2, 0.25) is 0 Å². The minimum Gasteiger partial charge on any atom is -0.385 e. The molecule has 1 aliphatic rings. The third-order valence-corrected chi connectivity index (χ3v) is 3.56. The largest absolute Gasteiger partial charge is 0.385 e. The van der Waals surface area contributed by atoms with Gasteiger partial charge in [0.1, 0.15) is 0 Å². The van der Waals surface area contributed by atoms with Gasteiger partial charge in [-0.3, -0.25) is 0 Å².